The fourth-order valence-electron chi connectivity index (χ4n) is 3.68. The zero-order valence-corrected chi connectivity index (χ0v) is 13.9. The third kappa shape index (κ3) is 2.75. The van der Waals surface area contributed by atoms with Crippen molar-refractivity contribution in [1.82, 2.24) is 4.98 Å². The second kappa shape index (κ2) is 6.23. The van der Waals surface area contributed by atoms with Crippen LogP contribution in [0.3, 0.4) is 0 Å². The number of para-hydroxylation sites is 1. The van der Waals surface area contributed by atoms with Crippen LogP contribution in [-0.4, -0.2) is 18.1 Å². The van der Waals surface area contributed by atoms with Crippen molar-refractivity contribution >= 4 is 16.6 Å². The van der Waals surface area contributed by atoms with Crippen LogP contribution in [0.25, 0.3) is 22.2 Å². The van der Waals surface area contributed by atoms with Crippen molar-refractivity contribution in [2.75, 3.05) is 11.9 Å². The summed E-state index contributed by atoms with van der Waals surface area (Å²) in [5.74, 6) is -0.217. The van der Waals surface area contributed by atoms with E-state index in [4.69, 9.17) is 4.98 Å². The van der Waals surface area contributed by atoms with Gasteiger partial charge in [0.2, 0.25) is 0 Å². The molecule has 3 aromatic rings. The van der Waals surface area contributed by atoms with Crippen LogP contribution in [0.4, 0.5) is 10.1 Å². The lowest BCUT2D eigenvalue weighted by Crippen LogP contribution is -2.29. The van der Waals surface area contributed by atoms with E-state index in [9.17, 15) is 4.39 Å². The molecule has 1 aliphatic carbocycles. The summed E-state index contributed by atoms with van der Waals surface area (Å²) >= 11 is 0. The molecule has 1 heterocycles. The number of pyridine rings is 1. The Balaban J connectivity index is 1.88. The van der Waals surface area contributed by atoms with E-state index in [0.29, 0.717) is 6.04 Å². The van der Waals surface area contributed by atoms with Gasteiger partial charge in [0.25, 0.3) is 0 Å². The zero-order chi connectivity index (χ0) is 16.5. The molecule has 0 spiro atoms. The van der Waals surface area contributed by atoms with Crippen molar-refractivity contribution in [2.24, 2.45) is 0 Å². The minimum atomic E-state index is -0.217. The Morgan fingerprint density at radius 2 is 1.71 bits per heavy atom. The first-order chi connectivity index (χ1) is 11.7. The fraction of sp³-hybridized carbons (Fsp3) is 0.286. The minimum absolute atomic E-state index is 0.217. The van der Waals surface area contributed by atoms with Crippen molar-refractivity contribution in [3.63, 3.8) is 0 Å². The van der Waals surface area contributed by atoms with E-state index in [-0.39, 0.29) is 5.82 Å². The van der Waals surface area contributed by atoms with E-state index in [1.54, 1.807) is 0 Å². The van der Waals surface area contributed by atoms with Gasteiger partial charge in [-0.2, -0.15) is 0 Å². The number of halogens is 1. The molecule has 0 bridgehead atoms. The summed E-state index contributed by atoms with van der Waals surface area (Å²) in [6, 6.07) is 17.6. The van der Waals surface area contributed by atoms with Crippen LogP contribution in [0.5, 0.6) is 0 Å². The number of aromatic nitrogens is 1. The molecule has 1 fully saturated rings. The van der Waals surface area contributed by atoms with E-state index in [1.165, 1.54) is 37.8 Å². The van der Waals surface area contributed by atoms with Gasteiger partial charge in [0.15, 0.2) is 0 Å². The molecule has 2 nitrogen and oxygen atoms in total. The molecule has 1 aromatic heterocycles. The number of rotatable bonds is 3. The lowest BCUT2D eigenvalue weighted by molar-refractivity contribution is 0.628. The average Bonchev–Trinajstić information content (AvgIpc) is 3.15. The van der Waals surface area contributed by atoms with Crippen LogP contribution < -0.4 is 4.90 Å². The molecule has 2 aromatic carbocycles. The molecule has 0 radical (unpaired) electrons. The molecule has 0 amide bonds. The summed E-state index contributed by atoms with van der Waals surface area (Å²) in [6.07, 6.45) is 5.04. The monoisotopic (exact) mass is 320 g/mol. The third-order valence-corrected chi connectivity index (χ3v) is 5.07. The molecule has 1 saturated carbocycles. The number of hydrogen-bond donors (Lipinski definition) is 0. The Morgan fingerprint density at radius 3 is 2.46 bits per heavy atom. The molecular weight excluding hydrogens is 299 g/mol. The van der Waals surface area contributed by atoms with E-state index < -0.39 is 0 Å². The van der Waals surface area contributed by atoms with E-state index >= 15 is 0 Å². The highest BCUT2D eigenvalue weighted by atomic mass is 19.1. The third-order valence-electron chi connectivity index (χ3n) is 5.07. The zero-order valence-electron chi connectivity index (χ0n) is 13.9. The highest BCUT2D eigenvalue weighted by Gasteiger charge is 2.23. The van der Waals surface area contributed by atoms with Crippen LogP contribution in [0, 0.1) is 5.82 Å². The number of nitrogens with zero attached hydrogens (tertiary/aromatic N) is 2. The van der Waals surface area contributed by atoms with E-state index in [2.05, 4.69) is 24.1 Å². The molecule has 0 unspecified atom stereocenters. The number of hydrogen-bond acceptors (Lipinski definition) is 2. The van der Waals surface area contributed by atoms with Gasteiger partial charge in [-0.1, -0.05) is 31.0 Å². The number of anilines is 1. The lowest BCUT2D eigenvalue weighted by atomic mass is 10.0. The highest BCUT2D eigenvalue weighted by Crippen LogP contribution is 2.35. The van der Waals surface area contributed by atoms with Crippen LogP contribution in [0.2, 0.25) is 0 Å². The van der Waals surface area contributed by atoms with Gasteiger partial charge in [-0.05, 0) is 49.2 Å². The second-order valence-electron chi connectivity index (χ2n) is 6.60. The van der Waals surface area contributed by atoms with Gasteiger partial charge in [0, 0.05) is 24.0 Å². The summed E-state index contributed by atoms with van der Waals surface area (Å²) in [4.78, 5) is 7.27. The van der Waals surface area contributed by atoms with Crippen LogP contribution in [0.15, 0.2) is 54.6 Å². The molecule has 0 atom stereocenters. The number of fused-ring (bicyclic) bond motifs is 1. The number of benzene rings is 2. The van der Waals surface area contributed by atoms with Crippen LogP contribution >= 0.6 is 0 Å². The van der Waals surface area contributed by atoms with Gasteiger partial charge in [-0.15, -0.1) is 0 Å². The van der Waals surface area contributed by atoms with Gasteiger partial charge >= 0.3 is 0 Å². The van der Waals surface area contributed by atoms with Gasteiger partial charge in [0.05, 0.1) is 16.9 Å². The quantitative estimate of drug-likeness (QED) is 0.640. The Bertz CT molecular complexity index is 851. The molecule has 122 valence electrons. The summed E-state index contributed by atoms with van der Waals surface area (Å²) in [7, 11) is 2.16. The van der Waals surface area contributed by atoms with Crippen LogP contribution in [0.1, 0.15) is 25.7 Å². The van der Waals surface area contributed by atoms with Gasteiger partial charge in [0.1, 0.15) is 5.82 Å². The van der Waals surface area contributed by atoms with Crippen molar-refractivity contribution in [3.05, 3.63) is 60.4 Å². The smallest absolute Gasteiger partial charge is 0.123 e. The van der Waals surface area contributed by atoms with E-state index in [1.807, 2.05) is 30.3 Å². The summed E-state index contributed by atoms with van der Waals surface area (Å²) in [6.45, 7) is 0. The maximum atomic E-state index is 13.3. The molecule has 0 N–H and O–H groups in total. The molecule has 1 aliphatic rings. The van der Waals surface area contributed by atoms with E-state index in [0.717, 1.165) is 27.8 Å². The van der Waals surface area contributed by atoms with Gasteiger partial charge < -0.3 is 4.90 Å². The Morgan fingerprint density at radius 1 is 1.00 bits per heavy atom. The van der Waals surface area contributed by atoms with Gasteiger partial charge in [-0.3, -0.25) is 0 Å². The van der Waals surface area contributed by atoms with Crippen molar-refractivity contribution < 1.29 is 4.39 Å². The van der Waals surface area contributed by atoms with Crippen LogP contribution in [-0.2, 0) is 0 Å². The largest absolute Gasteiger partial charge is 0.370 e. The van der Waals surface area contributed by atoms with Crippen molar-refractivity contribution in [1.29, 1.82) is 0 Å². The first kappa shape index (κ1) is 15.1. The normalized spacial score (nSPS) is 15.1. The summed E-state index contributed by atoms with van der Waals surface area (Å²) < 4.78 is 13.3. The molecule has 24 heavy (non-hydrogen) atoms. The highest BCUT2D eigenvalue weighted by molar-refractivity contribution is 5.89. The minimum Gasteiger partial charge on any atom is -0.370 e. The first-order valence-electron chi connectivity index (χ1n) is 8.61. The fourth-order valence-corrected chi connectivity index (χ4v) is 3.68. The molecule has 0 saturated heterocycles. The topological polar surface area (TPSA) is 16.1 Å². The average molecular weight is 320 g/mol. The lowest BCUT2D eigenvalue weighted by Gasteiger charge is -2.28. The predicted molar refractivity (Wildman–Crippen MR) is 97.8 cm³/mol. The van der Waals surface area contributed by atoms with Crippen molar-refractivity contribution in [2.45, 2.75) is 31.7 Å². The Hall–Kier alpha value is -2.42. The maximum absolute atomic E-state index is 13.3. The predicted octanol–water partition coefficient (Wildman–Crippen LogP) is 5.42. The second-order valence-corrected chi connectivity index (χ2v) is 6.60. The van der Waals surface area contributed by atoms with Crippen molar-refractivity contribution in [3.8, 4) is 11.3 Å². The molecule has 4 rings (SSSR count). The Kier molecular flexibility index (Phi) is 3.93. The summed E-state index contributed by atoms with van der Waals surface area (Å²) in [5, 5.41) is 1.14. The summed E-state index contributed by atoms with van der Waals surface area (Å²) in [5.41, 5.74) is 4.00. The SMILES string of the molecule is CN(c1cc2ccccc2nc1-c1ccc(F)cc1)C1CCCC1. The van der Waals surface area contributed by atoms with Gasteiger partial charge in [-0.25, -0.2) is 9.37 Å². The molecule has 3 heteroatoms. The first-order valence-corrected chi connectivity index (χ1v) is 8.61. The molecule has 0 aliphatic heterocycles. The Labute approximate surface area is 141 Å². The molecular formula is C21H21FN2. The maximum Gasteiger partial charge on any atom is 0.123 e. The standard InChI is InChI=1S/C21H21FN2/c1-24(18-7-3-4-8-18)20-14-16-6-2-5-9-19(16)23-21(20)15-10-12-17(22)13-11-15/h2,5-6,9-14,18H,3-4,7-8H2,1H3.